The molecule has 0 fully saturated rings. The van der Waals surface area contributed by atoms with Gasteiger partial charge in [-0.2, -0.15) is 0 Å². The number of fused-ring (bicyclic) bond motifs is 1. The highest BCUT2D eigenvalue weighted by Crippen LogP contribution is 2.43. The van der Waals surface area contributed by atoms with Crippen LogP contribution >= 0.6 is 22.7 Å². The Morgan fingerprint density at radius 3 is 2.68 bits per heavy atom. The maximum absolute atomic E-state index is 11.1. The van der Waals surface area contributed by atoms with E-state index in [0.29, 0.717) is 5.69 Å². The van der Waals surface area contributed by atoms with Gasteiger partial charge in [-0.05, 0) is 49.8 Å². The second-order valence-electron chi connectivity index (χ2n) is 4.87. The smallest absolute Gasteiger partial charge is 0.348 e. The van der Waals surface area contributed by atoms with Crippen LogP contribution in [0.1, 0.15) is 38.5 Å². The van der Waals surface area contributed by atoms with Crippen LogP contribution in [0.3, 0.4) is 0 Å². The topological polar surface area (TPSA) is 63.3 Å². The number of nitrogen functional groups attached to an aromatic ring is 1. The predicted molar refractivity (Wildman–Crippen MR) is 80.4 cm³/mol. The maximum Gasteiger partial charge on any atom is 0.348 e. The first-order chi connectivity index (χ1) is 9.08. The average molecular weight is 293 g/mol. The lowest BCUT2D eigenvalue weighted by Gasteiger charge is -2.08. The Balaban J connectivity index is 2.09. The second-order valence-corrected chi connectivity index (χ2v) is 7.03. The number of anilines is 1. The Hall–Kier alpha value is -1.33. The van der Waals surface area contributed by atoms with Gasteiger partial charge in [0.1, 0.15) is 4.88 Å². The van der Waals surface area contributed by atoms with Gasteiger partial charge in [0.25, 0.3) is 0 Å². The first kappa shape index (κ1) is 12.7. The highest BCUT2D eigenvalue weighted by Gasteiger charge is 2.21. The van der Waals surface area contributed by atoms with Crippen LogP contribution in [0.5, 0.6) is 0 Å². The fourth-order valence-corrected chi connectivity index (χ4v) is 5.00. The fourth-order valence-electron chi connectivity index (χ4n) is 2.52. The van der Waals surface area contributed by atoms with Crippen LogP contribution in [-0.2, 0) is 12.8 Å². The first-order valence-electron chi connectivity index (χ1n) is 6.32. The van der Waals surface area contributed by atoms with Crippen molar-refractivity contribution in [1.29, 1.82) is 0 Å². The molecule has 5 heteroatoms. The van der Waals surface area contributed by atoms with Crippen LogP contribution in [0.25, 0.3) is 9.75 Å². The normalized spacial score (nSPS) is 14.4. The van der Waals surface area contributed by atoms with E-state index in [1.54, 1.807) is 11.3 Å². The third kappa shape index (κ3) is 2.07. The molecule has 0 saturated heterocycles. The summed E-state index contributed by atoms with van der Waals surface area (Å²) < 4.78 is 0. The summed E-state index contributed by atoms with van der Waals surface area (Å²) in [5.74, 6) is -0.932. The quantitative estimate of drug-likeness (QED) is 0.881. The zero-order valence-corrected chi connectivity index (χ0v) is 12.3. The summed E-state index contributed by atoms with van der Waals surface area (Å²) in [4.78, 5) is 15.1. The molecule has 0 saturated carbocycles. The zero-order chi connectivity index (χ0) is 13.6. The Bertz CT molecular complexity index is 631. The van der Waals surface area contributed by atoms with Crippen LogP contribution in [0.4, 0.5) is 5.69 Å². The second kappa shape index (κ2) is 4.65. The number of rotatable bonds is 2. The highest BCUT2D eigenvalue weighted by atomic mass is 32.1. The molecular formula is C14H15NO2S2. The molecule has 3 nitrogen and oxygen atoms in total. The van der Waals surface area contributed by atoms with Gasteiger partial charge in [-0.15, -0.1) is 22.7 Å². The number of carbonyl (C=O) groups is 1. The van der Waals surface area contributed by atoms with Gasteiger partial charge < -0.3 is 10.8 Å². The molecule has 3 N–H and O–H groups in total. The van der Waals surface area contributed by atoms with Crippen LogP contribution in [0, 0.1) is 6.92 Å². The molecular weight excluding hydrogens is 278 g/mol. The number of aryl methyl sites for hydroxylation is 2. The number of hydrogen-bond acceptors (Lipinski definition) is 4. The number of carboxylic acid groups (broad SMARTS) is 1. The number of thiophene rings is 2. The largest absolute Gasteiger partial charge is 0.477 e. The minimum atomic E-state index is -0.932. The van der Waals surface area contributed by atoms with Crippen molar-refractivity contribution in [3.05, 3.63) is 26.9 Å². The van der Waals surface area contributed by atoms with Crippen LogP contribution in [0.2, 0.25) is 0 Å². The van der Waals surface area contributed by atoms with Gasteiger partial charge in [0.05, 0.1) is 10.6 Å². The van der Waals surface area contributed by atoms with Gasteiger partial charge in [0.2, 0.25) is 0 Å². The molecule has 0 atom stereocenters. The van der Waals surface area contributed by atoms with Crippen LogP contribution in [-0.4, -0.2) is 11.1 Å². The van der Waals surface area contributed by atoms with Crippen molar-refractivity contribution < 1.29 is 9.90 Å². The van der Waals surface area contributed by atoms with Crippen LogP contribution in [0.15, 0.2) is 6.07 Å². The number of carboxylic acids is 1. The molecule has 100 valence electrons. The summed E-state index contributed by atoms with van der Waals surface area (Å²) in [6.45, 7) is 1.91. The monoisotopic (exact) mass is 293 g/mol. The molecule has 19 heavy (non-hydrogen) atoms. The van der Waals surface area contributed by atoms with Gasteiger partial charge in [0.15, 0.2) is 0 Å². The van der Waals surface area contributed by atoms with E-state index in [0.717, 1.165) is 23.3 Å². The van der Waals surface area contributed by atoms with E-state index in [2.05, 4.69) is 6.07 Å². The zero-order valence-electron chi connectivity index (χ0n) is 10.7. The van der Waals surface area contributed by atoms with Crippen molar-refractivity contribution in [2.24, 2.45) is 0 Å². The van der Waals surface area contributed by atoms with E-state index in [1.165, 1.54) is 39.5 Å². The number of aromatic carboxylic acids is 1. The SMILES string of the molecule is Cc1c(-c2cc3c(s2)CCCC3)sc(C(=O)O)c1N. The molecule has 2 heterocycles. The average Bonchev–Trinajstić information content (AvgIpc) is 2.92. The van der Waals surface area contributed by atoms with Crippen molar-refractivity contribution in [3.8, 4) is 9.75 Å². The standard InChI is InChI=1S/C14H15NO2S2/c1-7-11(15)13(14(16)17)19-12(7)10-6-8-4-2-3-5-9(8)18-10/h6H,2-5,15H2,1H3,(H,16,17). The molecule has 1 aliphatic carbocycles. The predicted octanol–water partition coefficient (Wildman–Crippen LogP) is 3.94. The summed E-state index contributed by atoms with van der Waals surface area (Å²) in [5, 5.41) is 9.15. The Morgan fingerprint density at radius 2 is 2.05 bits per heavy atom. The molecule has 0 aliphatic heterocycles. The molecule has 0 aromatic carbocycles. The summed E-state index contributed by atoms with van der Waals surface area (Å²) >= 11 is 3.09. The molecule has 2 aromatic rings. The van der Waals surface area contributed by atoms with Crippen molar-refractivity contribution >= 4 is 34.3 Å². The summed E-state index contributed by atoms with van der Waals surface area (Å²) in [6, 6.07) is 2.23. The summed E-state index contributed by atoms with van der Waals surface area (Å²) in [7, 11) is 0. The van der Waals surface area contributed by atoms with Crippen molar-refractivity contribution in [1.82, 2.24) is 0 Å². The molecule has 2 aromatic heterocycles. The highest BCUT2D eigenvalue weighted by molar-refractivity contribution is 7.23. The van der Waals surface area contributed by atoms with Crippen molar-refractivity contribution in [2.45, 2.75) is 32.6 Å². The maximum atomic E-state index is 11.1. The van der Waals surface area contributed by atoms with E-state index < -0.39 is 5.97 Å². The lowest BCUT2D eigenvalue weighted by Crippen LogP contribution is -1.97. The Morgan fingerprint density at radius 1 is 1.32 bits per heavy atom. The lowest BCUT2D eigenvalue weighted by molar-refractivity contribution is 0.0703. The Labute approximate surface area is 119 Å². The van der Waals surface area contributed by atoms with Crippen molar-refractivity contribution in [3.63, 3.8) is 0 Å². The van der Waals surface area contributed by atoms with E-state index in [9.17, 15) is 4.79 Å². The van der Waals surface area contributed by atoms with Gasteiger partial charge >= 0.3 is 5.97 Å². The molecule has 0 radical (unpaired) electrons. The van der Waals surface area contributed by atoms with Gasteiger partial charge in [0, 0.05) is 9.75 Å². The van der Waals surface area contributed by atoms with E-state index >= 15 is 0 Å². The molecule has 0 spiro atoms. The Kier molecular flexibility index (Phi) is 3.11. The minimum Gasteiger partial charge on any atom is -0.477 e. The fraction of sp³-hybridized carbons (Fsp3) is 0.357. The summed E-state index contributed by atoms with van der Waals surface area (Å²) in [6.07, 6.45) is 4.83. The van der Waals surface area contributed by atoms with Crippen molar-refractivity contribution in [2.75, 3.05) is 5.73 Å². The van der Waals surface area contributed by atoms with Gasteiger partial charge in [-0.1, -0.05) is 0 Å². The third-order valence-corrected chi connectivity index (χ3v) is 6.32. The van der Waals surface area contributed by atoms with Crippen LogP contribution < -0.4 is 5.73 Å². The number of hydrogen-bond donors (Lipinski definition) is 2. The van der Waals surface area contributed by atoms with E-state index in [4.69, 9.17) is 10.8 Å². The molecule has 3 rings (SSSR count). The third-order valence-electron chi connectivity index (χ3n) is 3.61. The number of nitrogens with two attached hydrogens (primary N) is 1. The summed E-state index contributed by atoms with van der Waals surface area (Å²) in [5.41, 5.74) is 8.66. The molecule has 1 aliphatic rings. The van der Waals surface area contributed by atoms with E-state index in [-0.39, 0.29) is 4.88 Å². The lowest BCUT2D eigenvalue weighted by atomic mass is 9.99. The minimum absolute atomic E-state index is 0.263. The van der Waals surface area contributed by atoms with Gasteiger partial charge in [-0.3, -0.25) is 0 Å². The molecule has 0 bridgehead atoms. The van der Waals surface area contributed by atoms with Gasteiger partial charge in [-0.25, -0.2) is 4.79 Å². The van der Waals surface area contributed by atoms with E-state index in [1.807, 2.05) is 6.92 Å². The molecule has 0 amide bonds. The molecule has 0 unspecified atom stereocenters. The first-order valence-corrected chi connectivity index (χ1v) is 7.95.